The Morgan fingerprint density at radius 3 is 2.76 bits per heavy atom. The number of nitrogens with zero attached hydrogens (tertiary/aromatic N) is 2. The Kier molecular flexibility index (Phi) is 3.27. The van der Waals surface area contributed by atoms with E-state index in [0.717, 1.165) is 31.3 Å². The minimum Gasteiger partial charge on any atom is -0.366 e. The molecule has 1 aliphatic heterocycles. The van der Waals surface area contributed by atoms with Gasteiger partial charge in [0.25, 0.3) is 5.91 Å². The maximum Gasteiger partial charge on any atom is 0.427 e. The first-order valence-corrected chi connectivity index (χ1v) is 7.25. The first-order chi connectivity index (χ1) is 9.88. The molecule has 0 spiro atoms. The third kappa shape index (κ3) is 2.44. The standard InChI is InChI=1S/C13H12F3N3OS/c14-13(15,16)9-5-18-12(21-9)7-6-19-4-2-1-3-8(19)10(7)11(17)20/h5-6H,1-4H2,(H2,17,20). The highest BCUT2D eigenvalue weighted by Crippen LogP contribution is 2.39. The average molecular weight is 315 g/mol. The quantitative estimate of drug-likeness (QED) is 0.926. The molecule has 112 valence electrons. The summed E-state index contributed by atoms with van der Waals surface area (Å²) in [7, 11) is 0. The lowest BCUT2D eigenvalue weighted by atomic mass is 10.0. The number of thiazole rings is 1. The number of aromatic nitrogens is 2. The van der Waals surface area contributed by atoms with E-state index in [0.29, 0.717) is 28.9 Å². The van der Waals surface area contributed by atoms with Gasteiger partial charge in [-0.2, -0.15) is 13.2 Å². The van der Waals surface area contributed by atoms with Crippen molar-refractivity contribution in [1.82, 2.24) is 9.55 Å². The molecule has 0 saturated carbocycles. The van der Waals surface area contributed by atoms with Crippen molar-refractivity contribution in [2.24, 2.45) is 5.73 Å². The van der Waals surface area contributed by atoms with E-state index in [1.807, 2.05) is 4.57 Å². The topological polar surface area (TPSA) is 60.9 Å². The zero-order valence-corrected chi connectivity index (χ0v) is 11.7. The number of nitrogens with two attached hydrogens (primary N) is 1. The highest BCUT2D eigenvalue weighted by molar-refractivity contribution is 7.15. The molecule has 1 aliphatic rings. The molecule has 0 aromatic carbocycles. The molecule has 4 nitrogen and oxygen atoms in total. The number of aryl methyl sites for hydroxylation is 1. The number of fused-ring (bicyclic) bond motifs is 1. The molecule has 0 atom stereocenters. The lowest BCUT2D eigenvalue weighted by Gasteiger charge is -2.15. The summed E-state index contributed by atoms with van der Waals surface area (Å²) in [6, 6.07) is 0. The van der Waals surface area contributed by atoms with Gasteiger partial charge >= 0.3 is 6.18 Å². The monoisotopic (exact) mass is 315 g/mol. The van der Waals surface area contributed by atoms with Gasteiger partial charge in [-0.15, -0.1) is 11.3 Å². The van der Waals surface area contributed by atoms with E-state index in [-0.39, 0.29) is 5.01 Å². The summed E-state index contributed by atoms with van der Waals surface area (Å²) in [5.74, 6) is -0.621. The van der Waals surface area contributed by atoms with Gasteiger partial charge in [0.15, 0.2) is 0 Å². The predicted molar refractivity (Wildman–Crippen MR) is 72.0 cm³/mol. The van der Waals surface area contributed by atoms with Crippen molar-refractivity contribution in [2.75, 3.05) is 0 Å². The summed E-state index contributed by atoms with van der Waals surface area (Å²) >= 11 is 0.531. The molecule has 0 radical (unpaired) electrons. The van der Waals surface area contributed by atoms with Crippen LogP contribution in [0.25, 0.3) is 10.6 Å². The Morgan fingerprint density at radius 2 is 2.14 bits per heavy atom. The lowest BCUT2D eigenvalue weighted by Crippen LogP contribution is -2.17. The summed E-state index contributed by atoms with van der Waals surface area (Å²) in [5.41, 5.74) is 6.92. The Labute approximate surface area is 122 Å². The fraction of sp³-hybridized carbons (Fsp3) is 0.385. The Morgan fingerprint density at radius 1 is 1.38 bits per heavy atom. The highest BCUT2D eigenvalue weighted by Gasteiger charge is 2.34. The third-order valence-electron chi connectivity index (χ3n) is 3.51. The minimum atomic E-state index is -4.43. The zero-order chi connectivity index (χ0) is 15.2. The highest BCUT2D eigenvalue weighted by atomic mass is 32.1. The Balaban J connectivity index is 2.12. The second-order valence-corrected chi connectivity index (χ2v) is 5.94. The second-order valence-electron chi connectivity index (χ2n) is 4.91. The van der Waals surface area contributed by atoms with Gasteiger partial charge in [-0.05, 0) is 19.3 Å². The van der Waals surface area contributed by atoms with Gasteiger partial charge in [0, 0.05) is 24.0 Å². The fourth-order valence-electron chi connectivity index (χ4n) is 2.61. The molecule has 21 heavy (non-hydrogen) atoms. The van der Waals surface area contributed by atoms with Crippen LogP contribution in [0.3, 0.4) is 0 Å². The van der Waals surface area contributed by atoms with E-state index in [1.165, 1.54) is 0 Å². The molecule has 2 aromatic rings. The number of alkyl halides is 3. The molecule has 0 bridgehead atoms. The number of rotatable bonds is 2. The van der Waals surface area contributed by atoms with Crippen LogP contribution in [0.15, 0.2) is 12.4 Å². The van der Waals surface area contributed by atoms with Crippen molar-refractivity contribution >= 4 is 17.2 Å². The maximum absolute atomic E-state index is 12.7. The smallest absolute Gasteiger partial charge is 0.366 e. The molecule has 0 saturated heterocycles. The Bertz CT molecular complexity index is 702. The molecular formula is C13H12F3N3OS. The molecule has 2 aromatic heterocycles. The molecule has 0 fully saturated rings. The summed E-state index contributed by atoms with van der Waals surface area (Å²) in [5, 5.41) is 0.179. The second kappa shape index (κ2) is 4.87. The van der Waals surface area contributed by atoms with Crippen LogP contribution in [-0.4, -0.2) is 15.5 Å². The fourth-order valence-corrected chi connectivity index (χ4v) is 3.41. The van der Waals surface area contributed by atoms with E-state index in [4.69, 9.17) is 5.73 Å². The van der Waals surface area contributed by atoms with Crippen LogP contribution in [-0.2, 0) is 19.1 Å². The van der Waals surface area contributed by atoms with Crippen LogP contribution in [0, 0.1) is 0 Å². The SMILES string of the molecule is NC(=O)c1c(-c2ncc(C(F)(F)F)s2)cn2c1CCCC2. The molecule has 2 N–H and O–H groups in total. The van der Waals surface area contributed by atoms with Crippen molar-refractivity contribution in [2.45, 2.75) is 32.0 Å². The molecule has 0 unspecified atom stereocenters. The van der Waals surface area contributed by atoms with Crippen molar-refractivity contribution in [3.05, 3.63) is 28.5 Å². The molecule has 1 amide bonds. The third-order valence-corrected chi connectivity index (χ3v) is 4.59. The van der Waals surface area contributed by atoms with Crippen molar-refractivity contribution in [3.8, 4) is 10.6 Å². The summed E-state index contributed by atoms with van der Waals surface area (Å²) in [6.07, 6.45) is 0.674. The van der Waals surface area contributed by atoms with Gasteiger partial charge in [0.05, 0.1) is 11.8 Å². The van der Waals surface area contributed by atoms with Crippen LogP contribution < -0.4 is 5.73 Å². The van der Waals surface area contributed by atoms with Crippen LogP contribution in [0.5, 0.6) is 0 Å². The van der Waals surface area contributed by atoms with Gasteiger partial charge in [-0.25, -0.2) is 4.98 Å². The molecule has 3 rings (SSSR count). The average Bonchev–Trinajstić information content (AvgIpc) is 3.02. The molecule has 3 heterocycles. The molecular weight excluding hydrogens is 303 g/mol. The summed E-state index contributed by atoms with van der Waals surface area (Å²) in [6.45, 7) is 0.743. The van der Waals surface area contributed by atoms with Gasteiger partial charge < -0.3 is 10.3 Å². The number of carbonyl (C=O) groups excluding carboxylic acids is 1. The Hall–Kier alpha value is -1.83. The van der Waals surface area contributed by atoms with E-state index >= 15 is 0 Å². The number of amides is 1. The van der Waals surface area contributed by atoms with Crippen LogP contribution in [0.4, 0.5) is 13.2 Å². The lowest BCUT2D eigenvalue weighted by molar-refractivity contribution is -0.134. The van der Waals surface area contributed by atoms with E-state index < -0.39 is 17.0 Å². The van der Waals surface area contributed by atoms with E-state index in [1.54, 1.807) is 6.20 Å². The van der Waals surface area contributed by atoms with E-state index in [2.05, 4.69) is 4.98 Å². The number of carbonyl (C=O) groups is 1. The van der Waals surface area contributed by atoms with Crippen molar-refractivity contribution in [3.63, 3.8) is 0 Å². The number of hydrogen-bond donors (Lipinski definition) is 1. The predicted octanol–water partition coefficient (Wildman–Crippen LogP) is 3.07. The van der Waals surface area contributed by atoms with Crippen LogP contribution >= 0.6 is 11.3 Å². The summed E-state index contributed by atoms with van der Waals surface area (Å²) < 4.78 is 39.9. The van der Waals surface area contributed by atoms with Crippen LogP contribution in [0.2, 0.25) is 0 Å². The number of primary amides is 1. The molecule has 0 aliphatic carbocycles. The minimum absolute atomic E-state index is 0.179. The first-order valence-electron chi connectivity index (χ1n) is 6.43. The van der Waals surface area contributed by atoms with Crippen molar-refractivity contribution < 1.29 is 18.0 Å². The van der Waals surface area contributed by atoms with Crippen LogP contribution in [0.1, 0.15) is 33.8 Å². The first kappa shape index (κ1) is 14.1. The normalized spacial score (nSPS) is 15.0. The van der Waals surface area contributed by atoms with Gasteiger partial charge in [0.2, 0.25) is 0 Å². The largest absolute Gasteiger partial charge is 0.427 e. The zero-order valence-electron chi connectivity index (χ0n) is 10.9. The van der Waals surface area contributed by atoms with E-state index in [9.17, 15) is 18.0 Å². The number of halogens is 3. The van der Waals surface area contributed by atoms with Gasteiger partial charge in [-0.1, -0.05) is 0 Å². The van der Waals surface area contributed by atoms with Gasteiger partial charge in [-0.3, -0.25) is 4.79 Å². The molecule has 8 heteroatoms. The maximum atomic E-state index is 12.7. The number of hydrogen-bond acceptors (Lipinski definition) is 3. The van der Waals surface area contributed by atoms with Gasteiger partial charge in [0.1, 0.15) is 9.88 Å². The van der Waals surface area contributed by atoms with Crippen molar-refractivity contribution in [1.29, 1.82) is 0 Å². The summed E-state index contributed by atoms with van der Waals surface area (Å²) in [4.78, 5) is 14.7.